The summed E-state index contributed by atoms with van der Waals surface area (Å²) in [6.07, 6.45) is 4.49. The Kier molecular flexibility index (Phi) is 4.61. The maximum atomic E-state index is 12.2. The first-order valence-electron chi connectivity index (χ1n) is 7.31. The molecule has 1 aromatic heterocycles. The molecule has 0 saturated carbocycles. The molecule has 20 heavy (non-hydrogen) atoms. The Balaban J connectivity index is 2.45. The maximum absolute atomic E-state index is 12.2. The smallest absolute Gasteiger partial charge is 0.231 e. The van der Waals surface area contributed by atoms with Crippen molar-refractivity contribution >= 4 is 16.8 Å². The molecule has 1 aromatic carbocycles. The number of rotatable bonds is 5. The highest BCUT2D eigenvalue weighted by molar-refractivity contribution is 5.94. The summed E-state index contributed by atoms with van der Waals surface area (Å²) in [7, 11) is 4.15. The third-order valence-electron chi connectivity index (χ3n) is 3.60. The van der Waals surface area contributed by atoms with Crippen LogP contribution in [0, 0.1) is 6.92 Å². The Morgan fingerprint density at radius 2 is 2.05 bits per heavy atom. The van der Waals surface area contributed by atoms with Crippen LogP contribution < -0.4 is 0 Å². The second-order valence-electron chi connectivity index (χ2n) is 5.74. The molecular formula is C17H24N2O. The average Bonchev–Trinajstić information content (AvgIpc) is 2.74. The van der Waals surface area contributed by atoms with Gasteiger partial charge in [-0.15, -0.1) is 0 Å². The highest BCUT2D eigenvalue weighted by atomic mass is 16.2. The van der Waals surface area contributed by atoms with E-state index in [1.54, 1.807) is 0 Å². The molecule has 3 heteroatoms. The van der Waals surface area contributed by atoms with Crippen LogP contribution in [0.25, 0.3) is 10.9 Å². The van der Waals surface area contributed by atoms with Gasteiger partial charge < -0.3 is 4.90 Å². The van der Waals surface area contributed by atoms with E-state index in [2.05, 4.69) is 44.1 Å². The molecule has 0 aliphatic rings. The van der Waals surface area contributed by atoms with Gasteiger partial charge in [0, 0.05) is 24.5 Å². The van der Waals surface area contributed by atoms with Crippen molar-refractivity contribution in [1.29, 1.82) is 0 Å². The van der Waals surface area contributed by atoms with Crippen molar-refractivity contribution in [2.75, 3.05) is 20.6 Å². The zero-order valence-corrected chi connectivity index (χ0v) is 12.9. The zero-order chi connectivity index (χ0) is 14.7. The van der Waals surface area contributed by atoms with E-state index in [9.17, 15) is 4.79 Å². The first-order chi connectivity index (χ1) is 9.52. The number of aryl methyl sites for hydroxylation is 1. The third-order valence-corrected chi connectivity index (χ3v) is 3.60. The summed E-state index contributed by atoms with van der Waals surface area (Å²) in [5.41, 5.74) is 3.55. The third kappa shape index (κ3) is 3.10. The fraction of sp³-hybridized carbons (Fsp3) is 0.471. The van der Waals surface area contributed by atoms with Gasteiger partial charge in [-0.1, -0.05) is 18.6 Å². The molecule has 3 nitrogen and oxygen atoms in total. The second kappa shape index (κ2) is 6.23. The van der Waals surface area contributed by atoms with Gasteiger partial charge >= 0.3 is 0 Å². The molecule has 0 bridgehead atoms. The van der Waals surface area contributed by atoms with Crippen LogP contribution >= 0.6 is 0 Å². The molecule has 0 aliphatic carbocycles. The second-order valence-corrected chi connectivity index (χ2v) is 5.74. The molecule has 0 saturated heterocycles. The maximum Gasteiger partial charge on any atom is 0.231 e. The number of aromatic nitrogens is 1. The van der Waals surface area contributed by atoms with Gasteiger partial charge in [-0.2, -0.15) is 0 Å². The standard InChI is InChI=1S/C17H24N2O/c1-5-6-17(20)19-12-14(9-10-18(3)4)15-11-13(2)7-8-16(15)19/h7-8,11-12H,5-6,9-10H2,1-4H3. The van der Waals surface area contributed by atoms with Crippen LogP contribution in [0.15, 0.2) is 24.4 Å². The minimum absolute atomic E-state index is 0.192. The molecule has 0 N–H and O–H groups in total. The topological polar surface area (TPSA) is 25.2 Å². The van der Waals surface area contributed by atoms with Gasteiger partial charge in [0.1, 0.15) is 0 Å². The van der Waals surface area contributed by atoms with Gasteiger partial charge in [0.05, 0.1) is 5.52 Å². The molecule has 0 fully saturated rings. The molecule has 0 aliphatic heterocycles. The lowest BCUT2D eigenvalue weighted by atomic mass is 10.1. The van der Waals surface area contributed by atoms with E-state index in [4.69, 9.17) is 0 Å². The number of likely N-dealkylation sites (N-methyl/N-ethyl adjacent to an activating group) is 1. The van der Waals surface area contributed by atoms with Gasteiger partial charge in [0.2, 0.25) is 5.91 Å². The minimum atomic E-state index is 0.192. The highest BCUT2D eigenvalue weighted by Gasteiger charge is 2.13. The number of nitrogens with zero attached hydrogens (tertiary/aromatic N) is 2. The SMILES string of the molecule is CCCC(=O)n1cc(CCN(C)C)c2cc(C)ccc21. The van der Waals surface area contributed by atoms with Crippen molar-refractivity contribution in [2.24, 2.45) is 0 Å². The van der Waals surface area contributed by atoms with Crippen molar-refractivity contribution in [1.82, 2.24) is 9.47 Å². The van der Waals surface area contributed by atoms with Crippen LogP contribution in [0.4, 0.5) is 0 Å². The van der Waals surface area contributed by atoms with E-state index in [1.165, 1.54) is 16.5 Å². The van der Waals surface area contributed by atoms with Crippen molar-refractivity contribution in [3.05, 3.63) is 35.5 Å². The van der Waals surface area contributed by atoms with Crippen LogP contribution in [0.3, 0.4) is 0 Å². The number of carbonyl (C=O) groups is 1. The van der Waals surface area contributed by atoms with Crippen LogP contribution in [0.2, 0.25) is 0 Å². The summed E-state index contributed by atoms with van der Waals surface area (Å²) in [6.45, 7) is 5.14. The number of carbonyl (C=O) groups excluding carboxylic acids is 1. The molecule has 0 radical (unpaired) electrons. The normalized spacial score (nSPS) is 11.4. The van der Waals surface area contributed by atoms with E-state index >= 15 is 0 Å². The number of fused-ring (bicyclic) bond motifs is 1. The van der Waals surface area contributed by atoms with E-state index in [0.29, 0.717) is 6.42 Å². The molecule has 0 unspecified atom stereocenters. The molecule has 2 rings (SSSR count). The molecule has 108 valence electrons. The largest absolute Gasteiger partial charge is 0.309 e. The lowest BCUT2D eigenvalue weighted by Gasteiger charge is -2.08. The Morgan fingerprint density at radius 3 is 2.70 bits per heavy atom. The van der Waals surface area contributed by atoms with Crippen LogP contribution in [0.1, 0.15) is 35.7 Å². The van der Waals surface area contributed by atoms with Gasteiger partial charge in [0.15, 0.2) is 0 Å². The van der Waals surface area contributed by atoms with Crippen molar-refractivity contribution in [3.8, 4) is 0 Å². The van der Waals surface area contributed by atoms with Gasteiger partial charge in [-0.25, -0.2) is 0 Å². The van der Waals surface area contributed by atoms with Gasteiger partial charge in [-0.05, 0) is 51.6 Å². The predicted octanol–water partition coefficient (Wildman–Crippen LogP) is 3.49. The molecule has 1 heterocycles. The quantitative estimate of drug-likeness (QED) is 0.832. The average molecular weight is 272 g/mol. The van der Waals surface area contributed by atoms with E-state index in [0.717, 1.165) is 24.9 Å². The summed E-state index contributed by atoms with van der Waals surface area (Å²) in [5.74, 6) is 0.192. The molecule has 0 spiro atoms. The zero-order valence-electron chi connectivity index (χ0n) is 12.9. The van der Waals surface area contributed by atoms with E-state index in [-0.39, 0.29) is 5.91 Å². The Labute approximate surface area is 121 Å². The van der Waals surface area contributed by atoms with Crippen molar-refractivity contribution < 1.29 is 4.79 Å². The fourth-order valence-corrected chi connectivity index (χ4v) is 2.50. The first kappa shape index (κ1) is 14.8. The monoisotopic (exact) mass is 272 g/mol. The minimum Gasteiger partial charge on any atom is -0.309 e. The van der Waals surface area contributed by atoms with Crippen molar-refractivity contribution in [2.45, 2.75) is 33.1 Å². The van der Waals surface area contributed by atoms with Crippen LogP contribution in [0.5, 0.6) is 0 Å². The molecule has 0 amide bonds. The summed E-state index contributed by atoms with van der Waals surface area (Å²) in [5, 5.41) is 1.22. The molecular weight excluding hydrogens is 248 g/mol. The summed E-state index contributed by atoms with van der Waals surface area (Å²) >= 11 is 0. The number of hydrogen-bond acceptors (Lipinski definition) is 2. The lowest BCUT2D eigenvalue weighted by Crippen LogP contribution is -2.15. The predicted molar refractivity (Wildman–Crippen MR) is 84.5 cm³/mol. The summed E-state index contributed by atoms with van der Waals surface area (Å²) in [6, 6.07) is 6.33. The summed E-state index contributed by atoms with van der Waals surface area (Å²) < 4.78 is 1.84. The van der Waals surface area contributed by atoms with Gasteiger partial charge in [0.25, 0.3) is 0 Å². The molecule has 2 aromatic rings. The van der Waals surface area contributed by atoms with Crippen LogP contribution in [-0.4, -0.2) is 36.0 Å². The Hall–Kier alpha value is -1.61. The lowest BCUT2D eigenvalue weighted by molar-refractivity contribution is 0.0907. The van der Waals surface area contributed by atoms with E-state index < -0.39 is 0 Å². The Morgan fingerprint density at radius 1 is 1.30 bits per heavy atom. The fourth-order valence-electron chi connectivity index (χ4n) is 2.50. The highest BCUT2D eigenvalue weighted by Crippen LogP contribution is 2.24. The van der Waals surface area contributed by atoms with Crippen LogP contribution in [-0.2, 0) is 6.42 Å². The summed E-state index contributed by atoms with van der Waals surface area (Å²) in [4.78, 5) is 14.4. The van der Waals surface area contributed by atoms with E-state index in [1.807, 2.05) is 17.7 Å². The number of benzene rings is 1. The number of hydrogen-bond donors (Lipinski definition) is 0. The first-order valence-corrected chi connectivity index (χ1v) is 7.31. The molecule has 0 atom stereocenters. The van der Waals surface area contributed by atoms with Crippen molar-refractivity contribution in [3.63, 3.8) is 0 Å². The Bertz CT molecular complexity index is 611. The van der Waals surface area contributed by atoms with Gasteiger partial charge in [-0.3, -0.25) is 9.36 Å².